The van der Waals surface area contributed by atoms with Crippen LogP contribution in [-0.2, 0) is 35.1 Å². The van der Waals surface area contributed by atoms with Gasteiger partial charge < -0.3 is 35.3 Å². The van der Waals surface area contributed by atoms with E-state index in [-0.39, 0.29) is 49.2 Å². The molecule has 2 amide bonds. The first kappa shape index (κ1) is 31.6. The molecule has 40 heavy (non-hydrogen) atoms. The van der Waals surface area contributed by atoms with E-state index in [0.717, 1.165) is 0 Å². The van der Waals surface area contributed by atoms with Crippen LogP contribution in [0.4, 0.5) is 18.9 Å². The van der Waals surface area contributed by atoms with Crippen molar-refractivity contribution in [2.45, 2.75) is 19.0 Å². The Kier molecular flexibility index (Phi) is 11.9. The van der Waals surface area contributed by atoms with E-state index in [0.29, 0.717) is 23.5 Å². The van der Waals surface area contributed by atoms with E-state index in [9.17, 15) is 32.3 Å². The van der Waals surface area contributed by atoms with Crippen LogP contribution >= 0.6 is 0 Å². The molecule has 0 aliphatic rings. The minimum Gasteiger partial charge on any atom is -0.484 e. The lowest BCUT2D eigenvalue weighted by Gasteiger charge is -2.14. The van der Waals surface area contributed by atoms with Gasteiger partial charge in [0, 0.05) is 31.3 Å². The van der Waals surface area contributed by atoms with E-state index >= 15 is 0 Å². The Morgan fingerprint density at radius 2 is 1.68 bits per heavy atom. The minimum absolute atomic E-state index is 0.0147. The highest BCUT2D eigenvalue weighted by Gasteiger charge is 2.42. The number of ether oxygens (including phenoxy) is 4. The Balaban J connectivity index is 2.05. The number of nitrogen functional groups attached to an aromatic ring is 1. The molecular formula is C25H27F3N4O8. The summed E-state index contributed by atoms with van der Waals surface area (Å²) in [6.07, 6.45) is -5.32. The third-order valence-corrected chi connectivity index (χ3v) is 4.91. The van der Waals surface area contributed by atoms with Crippen LogP contribution in [0, 0.1) is 5.41 Å². The number of esters is 2. The standard InChI is InChI=1S/C25H27F3N4O8/c1-37-11-10-31-20(33)9-4-16-12-17(5-8-19(16)39-14-22(35)40-24(36)25(26,27)28)32-21(34)13-38-18-6-2-15(3-7-18)23(29)30/h2-3,5-8,12H,4,9-11,13-14H2,1H3,(H3,29,30)(H,31,33)(H,32,34). The smallest absolute Gasteiger partial charge is 0.484 e. The van der Waals surface area contributed by atoms with Crippen LogP contribution in [0.2, 0.25) is 0 Å². The van der Waals surface area contributed by atoms with E-state index in [4.69, 9.17) is 25.4 Å². The molecule has 2 aromatic rings. The Hall–Kier alpha value is -4.66. The van der Waals surface area contributed by atoms with Gasteiger partial charge in [-0.1, -0.05) is 0 Å². The van der Waals surface area contributed by atoms with Crippen molar-refractivity contribution in [2.24, 2.45) is 5.73 Å². The molecule has 216 valence electrons. The lowest BCUT2D eigenvalue weighted by molar-refractivity contribution is -0.202. The average Bonchev–Trinajstić information content (AvgIpc) is 2.90. The van der Waals surface area contributed by atoms with Crippen molar-refractivity contribution >= 4 is 35.3 Å². The number of nitrogens with one attached hydrogen (secondary N) is 3. The van der Waals surface area contributed by atoms with E-state index in [1.807, 2.05) is 0 Å². The van der Waals surface area contributed by atoms with Gasteiger partial charge in [0.05, 0.1) is 6.61 Å². The zero-order valence-corrected chi connectivity index (χ0v) is 21.3. The molecule has 2 aromatic carbocycles. The third-order valence-electron chi connectivity index (χ3n) is 4.91. The first-order chi connectivity index (χ1) is 18.9. The van der Waals surface area contributed by atoms with Crippen molar-refractivity contribution < 1.29 is 51.3 Å². The fourth-order valence-corrected chi connectivity index (χ4v) is 3.03. The van der Waals surface area contributed by atoms with Crippen molar-refractivity contribution in [3.8, 4) is 11.5 Å². The molecule has 12 nitrogen and oxygen atoms in total. The molecule has 0 spiro atoms. The van der Waals surface area contributed by atoms with E-state index < -0.39 is 30.6 Å². The van der Waals surface area contributed by atoms with Crippen molar-refractivity contribution in [1.82, 2.24) is 5.32 Å². The summed E-state index contributed by atoms with van der Waals surface area (Å²) in [4.78, 5) is 46.9. The number of amidine groups is 1. The highest BCUT2D eigenvalue weighted by atomic mass is 19.4. The van der Waals surface area contributed by atoms with Gasteiger partial charge in [0.1, 0.15) is 17.3 Å². The van der Waals surface area contributed by atoms with E-state index in [2.05, 4.69) is 15.4 Å². The third kappa shape index (κ3) is 11.0. The summed E-state index contributed by atoms with van der Waals surface area (Å²) in [5.41, 5.74) is 6.48. The number of hydrogen-bond donors (Lipinski definition) is 4. The number of carbonyl (C=O) groups is 4. The zero-order valence-electron chi connectivity index (χ0n) is 21.3. The Bertz CT molecular complexity index is 1220. The predicted octanol–water partition coefficient (Wildman–Crippen LogP) is 1.69. The Morgan fingerprint density at radius 3 is 2.30 bits per heavy atom. The van der Waals surface area contributed by atoms with Gasteiger partial charge in [-0.05, 0) is 54.4 Å². The Labute approximate surface area is 226 Å². The van der Waals surface area contributed by atoms with Crippen molar-refractivity contribution in [3.63, 3.8) is 0 Å². The van der Waals surface area contributed by atoms with Gasteiger partial charge >= 0.3 is 18.1 Å². The zero-order chi connectivity index (χ0) is 29.7. The van der Waals surface area contributed by atoms with Gasteiger partial charge in [0.2, 0.25) is 5.91 Å². The second-order valence-electron chi connectivity index (χ2n) is 7.99. The second-order valence-corrected chi connectivity index (χ2v) is 7.99. The molecule has 0 fully saturated rings. The number of anilines is 1. The van der Waals surface area contributed by atoms with Crippen LogP contribution in [0.1, 0.15) is 17.5 Å². The molecule has 2 rings (SSSR count). The highest BCUT2D eigenvalue weighted by Crippen LogP contribution is 2.25. The van der Waals surface area contributed by atoms with Crippen LogP contribution in [0.3, 0.4) is 0 Å². The number of hydrogen-bond acceptors (Lipinski definition) is 9. The van der Waals surface area contributed by atoms with E-state index in [1.165, 1.54) is 25.3 Å². The van der Waals surface area contributed by atoms with Crippen molar-refractivity contribution in [1.29, 1.82) is 5.41 Å². The quantitative estimate of drug-likeness (QED) is 0.0868. The number of alkyl halides is 3. The number of benzene rings is 2. The maximum absolute atomic E-state index is 12.4. The van der Waals surface area contributed by atoms with Gasteiger partial charge in [-0.2, -0.15) is 13.2 Å². The maximum Gasteiger partial charge on any atom is 0.491 e. The fraction of sp³-hybridized carbons (Fsp3) is 0.320. The predicted molar refractivity (Wildman–Crippen MR) is 134 cm³/mol. The van der Waals surface area contributed by atoms with Crippen LogP contribution in [0.15, 0.2) is 42.5 Å². The van der Waals surface area contributed by atoms with Crippen molar-refractivity contribution in [2.75, 3.05) is 38.8 Å². The number of carbonyl (C=O) groups excluding carboxylic acids is 4. The first-order valence-corrected chi connectivity index (χ1v) is 11.6. The highest BCUT2D eigenvalue weighted by molar-refractivity contribution is 5.95. The molecule has 0 aliphatic heterocycles. The summed E-state index contributed by atoms with van der Waals surface area (Å²) in [6.45, 7) is -0.820. The lowest BCUT2D eigenvalue weighted by atomic mass is 10.1. The SMILES string of the molecule is COCCNC(=O)CCc1cc(NC(=O)COc2ccc(C(=N)N)cc2)ccc1OCC(=O)OC(=O)C(F)(F)F. The van der Waals surface area contributed by atoms with E-state index in [1.54, 1.807) is 24.3 Å². The molecule has 0 heterocycles. The molecule has 5 N–H and O–H groups in total. The summed E-state index contributed by atoms with van der Waals surface area (Å²) >= 11 is 0. The summed E-state index contributed by atoms with van der Waals surface area (Å²) in [7, 11) is 1.47. The molecule has 0 atom stereocenters. The number of aryl methyl sites for hydroxylation is 1. The summed E-state index contributed by atoms with van der Waals surface area (Å²) in [5, 5.41) is 12.6. The molecule has 15 heteroatoms. The average molecular weight is 569 g/mol. The molecular weight excluding hydrogens is 541 g/mol. The van der Waals surface area contributed by atoms with Gasteiger partial charge in [0.15, 0.2) is 13.2 Å². The number of methoxy groups -OCH3 is 1. The summed E-state index contributed by atoms with van der Waals surface area (Å²) < 4.78 is 56.1. The molecule has 0 unspecified atom stereocenters. The molecule has 0 aromatic heterocycles. The van der Waals surface area contributed by atoms with Crippen LogP contribution in [0.25, 0.3) is 0 Å². The normalized spacial score (nSPS) is 10.8. The van der Waals surface area contributed by atoms with Crippen LogP contribution in [-0.4, -0.2) is 69.2 Å². The van der Waals surface area contributed by atoms with Gasteiger partial charge in [-0.3, -0.25) is 15.0 Å². The van der Waals surface area contributed by atoms with Crippen LogP contribution in [0.5, 0.6) is 11.5 Å². The maximum atomic E-state index is 12.4. The van der Waals surface area contributed by atoms with Gasteiger partial charge in [0.25, 0.3) is 5.91 Å². The lowest BCUT2D eigenvalue weighted by Crippen LogP contribution is -2.30. The molecule has 0 bridgehead atoms. The molecule has 0 saturated heterocycles. The molecule has 0 saturated carbocycles. The number of rotatable bonds is 14. The number of amides is 2. The second kappa shape index (κ2) is 15.1. The topological polar surface area (TPSA) is 179 Å². The minimum atomic E-state index is -5.35. The number of halogens is 3. The monoisotopic (exact) mass is 568 g/mol. The van der Waals surface area contributed by atoms with Gasteiger partial charge in [-0.15, -0.1) is 0 Å². The first-order valence-electron chi connectivity index (χ1n) is 11.6. The molecule has 0 aliphatic carbocycles. The van der Waals surface area contributed by atoms with Crippen LogP contribution < -0.4 is 25.8 Å². The summed E-state index contributed by atoms with van der Waals surface area (Å²) in [6, 6.07) is 10.4. The summed E-state index contributed by atoms with van der Waals surface area (Å²) in [5.74, 6) is -4.87. The van der Waals surface area contributed by atoms with Gasteiger partial charge in [-0.25, -0.2) is 9.59 Å². The molecule has 0 radical (unpaired) electrons. The number of nitrogens with two attached hydrogens (primary N) is 1. The Morgan fingerprint density at radius 1 is 0.975 bits per heavy atom. The largest absolute Gasteiger partial charge is 0.491 e. The van der Waals surface area contributed by atoms with Crippen molar-refractivity contribution in [3.05, 3.63) is 53.6 Å². The fourth-order valence-electron chi connectivity index (χ4n) is 3.03.